The lowest BCUT2D eigenvalue weighted by Gasteiger charge is -2.29. The second-order valence-electron chi connectivity index (χ2n) is 7.56. The van der Waals surface area contributed by atoms with Gasteiger partial charge in [0.15, 0.2) is 0 Å². The highest BCUT2D eigenvalue weighted by atomic mass is 16.5. The number of benzene rings is 3. The summed E-state index contributed by atoms with van der Waals surface area (Å²) in [5.41, 5.74) is 2.99. The molecule has 3 aromatic rings. The Morgan fingerprint density at radius 1 is 0.786 bits per heavy atom. The molecule has 2 nitrogen and oxygen atoms in total. The first-order valence-corrected chi connectivity index (χ1v) is 10.1. The largest absolute Gasteiger partial charge is 0.497 e. The summed E-state index contributed by atoms with van der Waals surface area (Å²) >= 11 is 0. The smallest absolute Gasteiger partial charge is 0.127 e. The zero-order chi connectivity index (χ0) is 19.8. The minimum atomic E-state index is 0.235. The third-order valence-electron chi connectivity index (χ3n) is 5.64. The van der Waals surface area contributed by atoms with Crippen molar-refractivity contribution in [3.63, 3.8) is 0 Å². The van der Waals surface area contributed by atoms with Crippen molar-refractivity contribution in [1.82, 2.24) is 0 Å². The van der Waals surface area contributed by atoms with Crippen molar-refractivity contribution in [3.8, 4) is 17.2 Å². The van der Waals surface area contributed by atoms with Crippen molar-refractivity contribution in [2.45, 2.75) is 44.9 Å². The van der Waals surface area contributed by atoms with Crippen molar-refractivity contribution >= 4 is 0 Å². The number of ether oxygens (including phenoxy) is 2. The number of hydrogen-bond donors (Lipinski definition) is 0. The maximum absolute atomic E-state index is 6.00. The maximum Gasteiger partial charge on any atom is 0.127 e. The maximum atomic E-state index is 6.00. The molecule has 0 saturated carbocycles. The molecule has 28 heavy (non-hydrogen) atoms. The predicted octanol–water partition coefficient (Wildman–Crippen LogP) is 7.18. The molecule has 0 radical (unpaired) electrons. The highest BCUT2D eigenvalue weighted by Crippen LogP contribution is 2.33. The minimum Gasteiger partial charge on any atom is -0.497 e. The van der Waals surface area contributed by atoms with Gasteiger partial charge in [0, 0.05) is 0 Å². The lowest BCUT2D eigenvalue weighted by molar-refractivity contribution is 0.405. The van der Waals surface area contributed by atoms with Crippen LogP contribution >= 0.6 is 0 Å². The van der Waals surface area contributed by atoms with Crippen molar-refractivity contribution in [2.24, 2.45) is 0 Å². The molecule has 0 N–H and O–H groups in total. The van der Waals surface area contributed by atoms with E-state index in [0.717, 1.165) is 36.5 Å². The van der Waals surface area contributed by atoms with Gasteiger partial charge in [0.25, 0.3) is 0 Å². The Morgan fingerprint density at radius 3 is 2.18 bits per heavy atom. The number of hydrogen-bond acceptors (Lipinski definition) is 2. The van der Waals surface area contributed by atoms with Gasteiger partial charge in [-0.1, -0.05) is 56.3 Å². The van der Waals surface area contributed by atoms with Gasteiger partial charge in [-0.3, -0.25) is 0 Å². The molecule has 146 valence electrons. The van der Waals surface area contributed by atoms with Gasteiger partial charge in [0.2, 0.25) is 0 Å². The summed E-state index contributed by atoms with van der Waals surface area (Å²) in [6, 6.07) is 27.0. The van der Waals surface area contributed by atoms with Crippen molar-refractivity contribution in [1.29, 1.82) is 0 Å². The zero-order valence-electron chi connectivity index (χ0n) is 17.2. The summed E-state index contributed by atoms with van der Waals surface area (Å²) in [5, 5.41) is 0. The summed E-state index contributed by atoms with van der Waals surface area (Å²) in [4.78, 5) is 0. The van der Waals surface area contributed by atoms with E-state index in [1.165, 1.54) is 17.5 Å². The molecule has 1 atom stereocenters. The molecule has 3 rings (SSSR count). The van der Waals surface area contributed by atoms with Crippen LogP contribution in [0.15, 0.2) is 78.9 Å². The van der Waals surface area contributed by atoms with Crippen molar-refractivity contribution < 1.29 is 9.47 Å². The molecule has 0 bridgehead atoms. The van der Waals surface area contributed by atoms with E-state index in [9.17, 15) is 0 Å². The first-order chi connectivity index (χ1) is 13.6. The summed E-state index contributed by atoms with van der Waals surface area (Å²) in [5.74, 6) is 2.53. The Bertz CT molecular complexity index is 855. The van der Waals surface area contributed by atoms with E-state index >= 15 is 0 Å². The number of methoxy groups -OCH3 is 1. The Balaban J connectivity index is 1.59. The van der Waals surface area contributed by atoms with E-state index in [0.29, 0.717) is 0 Å². The average molecular weight is 375 g/mol. The van der Waals surface area contributed by atoms with E-state index in [2.05, 4.69) is 62.4 Å². The van der Waals surface area contributed by atoms with Gasteiger partial charge in [-0.15, -0.1) is 0 Å². The molecule has 1 unspecified atom stereocenters. The molecule has 0 aromatic heterocycles. The lowest BCUT2D eigenvalue weighted by Crippen LogP contribution is -2.20. The molecule has 0 amide bonds. The van der Waals surface area contributed by atoms with Crippen LogP contribution in [0, 0.1) is 0 Å². The molecule has 0 heterocycles. The molecular weight excluding hydrogens is 344 g/mol. The molecule has 0 aliphatic rings. The third-order valence-corrected chi connectivity index (χ3v) is 5.64. The Labute approximate surface area is 169 Å². The molecule has 0 spiro atoms. The Morgan fingerprint density at radius 2 is 1.50 bits per heavy atom. The fraction of sp³-hybridized carbons (Fsp3) is 0.308. The molecule has 2 heteroatoms. The summed E-state index contributed by atoms with van der Waals surface area (Å²) < 4.78 is 11.2. The van der Waals surface area contributed by atoms with Gasteiger partial charge < -0.3 is 9.47 Å². The third kappa shape index (κ3) is 5.16. The van der Waals surface area contributed by atoms with Crippen molar-refractivity contribution in [3.05, 3.63) is 90.0 Å². The second-order valence-corrected chi connectivity index (χ2v) is 7.56. The van der Waals surface area contributed by atoms with Gasteiger partial charge in [-0.2, -0.15) is 0 Å². The summed E-state index contributed by atoms with van der Waals surface area (Å²) in [6.45, 7) is 4.67. The summed E-state index contributed by atoms with van der Waals surface area (Å²) in [6.07, 6.45) is 4.54. The topological polar surface area (TPSA) is 18.5 Å². The molecular formula is C26H30O2. The lowest BCUT2D eigenvalue weighted by atomic mass is 9.76. The molecule has 0 fully saturated rings. The van der Waals surface area contributed by atoms with Crippen LogP contribution < -0.4 is 9.47 Å². The zero-order valence-corrected chi connectivity index (χ0v) is 17.2. The summed E-state index contributed by atoms with van der Waals surface area (Å²) in [7, 11) is 1.67. The van der Waals surface area contributed by atoms with Crippen molar-refractivity contribution in [2.75, 3.05) is 7.11 Å². The Hall–Kier alpha value is -2.74. The van der Waals surface area contributed by atoms with Crippen LogP contribution in [-0.4, -0.2) is 7.11 Å². The van der Waals surface area contributed by atoms with Crippen LogP contribution in [0.3, 0.4) is 0 Å². The highest BCUT2D eigenvalue weighted by Gasteiger charge is 2.23. The highest BCUT2D eigenvalue weighted by molar-refractivity contribution is 5.37. The van der Waals surface area contributed by atoms with Gasteiger partial charge in [-0.05, 0) is 78.6 Å². The molecule has 0 saturated heterocycles. The van der Waals surface area contributed by atoms with E-state index in [-0.39, 0.29) is 5.41 Å². The fourth-order valence-corrected chi connectivity index (χ4v) is 3.59. The van der Waals surface area contributed by atoms with E-state index in [4.69, 9.17) is 9.47 Å². The van der Waals surface area contributed by atoms with Crippen LogP contribution in [0.4, 0.5) is 0 Å². The van der Waals surface area contributed by atoms with Crippen LogP contribution in [0.25, 0.3) is 0 Å². The number of rotatable bonds is 9. The van der Waals surface area contributed by atoms with Gasteiger partial charge in [-0.25, -0.2) is 0 Å². The minimum absolute atomic E-state index is 0.235. The SMILES string of the molecule is CCC(C)(CCCc1cccc(Oc2ccc(OC)cc2)c1)c1ccccc1. The van der Waals surface area contributed by atoms with Crippen LogP contribution in [-0.2, 0) is 11.8 Å². The van der Waals surface area contributed by atoms with Crippen LogP contribution in [0.2, 0.25) is 0 Å². The molecule has 0 aliphatic carbocycles. The standard InChI is InChI=1S/C26H30O2/c1-4-26(2,22-12-6-5-7-13-22)19-9-11-21-10-8-14-25(20-21)28-24-17-15-23(27-3)16-18-24/h5-8,10,12-18,20H,4,9,11,19H2,1-3H3. The monoisotopic (exact) mass is 374 g/mol. The van der Waals surface area contributed by atoms with Gasteiger partial charge >= 0.3 is 0 Å². The number of aryl methyl sites for hydroxylation is 1. The molecule has 3 aromatic carbocycles. The van der Waals surface area contributed by atoms with E-state index < -0.39 is 0 Å². The quantitative estimate of drug-likeness (QED) is 0.395. The first kappa shape index (κ1) is 20.0. The second kappa shape index (κ2) is 9.45. The van der Waals surface area contributed by atoms with Crippen LogP contribution in [0.5, 0.6) is 17.2 Å². The molecule has 0 aliphatic heterocycles. The first-order valence-electron chi connectivity index (χ1n) is 10.1. The predicted molar refractivity (Wildman–Crippen MR) is 117 cm³/mol. The normalized spacial score (nSPS) is 13.0. The van der Waals surface area contributed by atoms with E-state index in [1.807, 2.05) is 30.3 Å². The Kier molecular flexibility index (Phi) is 6.76. The fourth-order valence-electron chi connectivity index (χ4n) is 3.59. The van der Waals surface area contributed by atoms with E-state index in [1.54, 1.807) is 7.11 Å². The van der Waals surface area contributed by atoms with Gasteiger partial charge in [0.1, 0.15) is 17.2 Å². The average Bonchev–Trinajstić information content (AvgIpc) is 2.75. The van der Waals surface area contributed by atoms with Gasteiger partial charge in [0.05, 0.1) is 7.11 Å². The van der Waals surface area contributed by atoms with Crippen LogP contribution in [0.1, 0.15) is 44.2 Å².